The molecule has 6 heteroatoms. The van der Waals surface area contributed by atoms with Gasteiger partial charge < -0.3 is 19.7 Å². The lowest BCUT2D eigenvalue weighted by atomic mass is 10.2. The number of anilines is 2. The predicted octanol–water partition coefficient (Wildman–Crippen LogP) is 3.20. The summed E-state index contributed by atoms with van der Waals surface area (Å²) in [5.74, 6) is 1.81. The lowest BCUT2D eigenvalue weighted by Crippen LogP contribution is -2.23. The molecule has 0 radical (unpaired) electrons. The normalized spacial score (nSPS) is 10.2. The zero-order valence-corrected chi connectivity index (χ0v) is 14.5. The summed E-state index contributed by atoms with van der Waals surface area (Å²) in [7, 11) is 3.12. The summed E-state index contributed by atoms with van der Waals surface area (Å²) in [6.45, 7) is 5.90. The summed E-state index contributed by atoms with van der Waals surface area (Å²) in [5, 5.41) is 2.83. The maximum absolute atomic E-state index is 12.4. The number of carbonyl (C=O) groups is 1. The maximum Gasteiger partial charge on any atom is 0.257 e. The monoisotopic (exact) mass is 329 g/mol. The summed E-state index contributed by atoms with van der Waals surface area (Å²) in [6.07, 6.45) is 1.59. The molecule has 1 heterocycles. The standard InChI is InChI=1S/C18H23N3O3/c1-5-21(6-2)17-10-7-13(12-19-17)18(22)20-14-8-9-15(23-3)16(11-14)24-4/h7-12H,5-6H2,1-4H3,(H,20,22). The van der Waals surface area contributed by atoms with Crippen molar-refractivity contribution in [3.05, 3.63) is 42.1 Å². The van der Waals surface area contributed by atoms with Crippen molar-refractivity contribution in [2.75, 3.05) is 37.5 Å². The number of amides is 1. The van der Waals surface area contributed by atoms with Gasteiger partial charge in [-0.3, -0.25) is 4.79 Å². The average Bonchev–Trinajstić information content (AvgIpc) is 2.63. The number of nitrogens with zero attached hydrogens (tertiary/aromatic N) is 2. The molecule has 2 rings (SSSR count). The van der Waals surface area contributed by atoms with Crippen LogP contribution in [-0.4, -0.2) is 38.2 Å². The van der Waals surface area contributed by atoms with E-state index in [-0.39, 0.29) is 5.91 Å². The van der Waals surface area contributed by atoms with Crippen LogP contribution in [0.1, 0.15) is 24.2 Å². The second-order valence-electron chi connectivity index (χ2n) is 5.10. The Morgan fingerprint density at radius 1 is 1.08 bits per heavy atom. The Kier molecular flexibility index (Phi) is 6.01. The van der Waals surface area contributed by atoms with E-state index in [0.717, 1.165) is 18.9 Å². The number of aromatic nitrogens is 1. The highest BCUT2D eigenvalue weighted by atomic mass is 16.5. The minimum Gasteiger partial charge on any atom is -0.493 e. The van der Waals surface area contributed by atoms with Gasteiger partial charge in [0.05, 0.1) is 19.8 Å². The first kappa shape index (κ1) is 17.6. The van der Waals surface area contributed by atoms with Gasteiger partial charge in [-0.2, -0.15) is 0 Å². The van der Waals surface area contributed by atoms with E-state index in [2.05, 4.69) is 29.0 Å². The molecule has 1 N–H and O–H groups in total. The summed E-state index contributed by atoms with van der Waals surface area (Å²) in [5.41, 5.74) is 1.13. The van der Waals surface area contributed by atoms with Gasteiger partial charge in [0.15, 0.2) is 11.5 Å². The number of rotatable bonds is 7. The topological polar surface area (TPSA) is 63.7 Å². The molecule has 1 aromatic heterocycles. The molecule has 0 aliphatic carbocycles. The van der Waals surface area contributed by atoms with Crippen molar-refractivity contribution in [2.24, 2.45) is 0 Å². The van der Waals surface area contributed by atoms with Gasteiger partial charge in [-0.05, 0) is 38.1 Å². The van der Waals surface area contributed by atoms with E-state index < -0.39 is 0 Å². The summed E-state index contributed by atoms with van der Waals surface area (Å²) < 4.78 is 10.4. The van der Waals surface area contributed by atoms with Crippen LogP contribution in [0.15, 0.2) is 36.5 Å². The lowest BCUT2D eigenvalue weighted by Gasteiger charge is -2.19. The van der Waals surface area contributed by atoms with Crippen molar-refractivity contribution in [3.8, 4) is 11.5 Å². The molecule has 0 spiro atoms. The number of carbonyl (C=O) groups excluding carboxylic acids is 1. The van der Waals surface area contributed by atoms with E-state index in [4.69, 9.17) is 9.47 Å². The zero-order valence-electron chi connectivity index (χ0n) is 14.5. The molecule has 0 aliphatic rings. The van der Waals surface area contributed by atoms with E-state index in [0.29, 0.717) is 22.7 Å². The fourth-order valence-corrected chi connectivity index (χ4v) is 2.37. The molecule has 24 heavy (non-hydrogen) atoms. The average molecular weight is 329 g/mol. The van der Waals surface area contributed by atoms with Crippen LogP contribution in [-0.2, 0) is 0 Å². The number of nitrogens with one attached hydrogen (secondary N) is 1. The van der Waals surface area contributed by atoms with E-state index in [1.54, 1.807) is 44.7 Å². The third-order valence-corrected chi connectivity index (χ3v) is 3.74. The molecule has 1 aromatic carbocycles. The van der Waals surface area contributed by atoms with Crippen molar-refractivity contribution in [1.29, 1.82) is 0 Å². The molecule has 0 fully saturated rings. The Morgan fingerprint density at radius 3 is 2.33 bits per heavy atom. The largest absolute Gasteiger partial charge is 0.493 e. The van der Waals surface area contributed by atoms with E-state index >= 15 is 0 Å². The van der Waals surface area contributed by atoms with Crippen LogP contribution in [0, 0.1) is 0 Å². The quantitative estimate of drug-likeness (QED) is 0.845. The van der Waals surface area contributed by atoms with Crippen molar-refractivity contribution >= 4 is 17.4 Å². The first-order chi connectivity index (χ1) is 11.6. The molecule has 0 atom stereocenters. The van der Waals surface area contributed by atoms with Crippen LogP contribution in [0.5, 0.6) is 11.5 Å². The van der Waals surface area contributed by atoms with Gasteiger partial charge in [0.2, 0.25) is 0 Å². The second-order valence-corrected chi connectivity index (χ2v) is 5.10. The van der Waals surface area contributed by atoms with Crippen molar-refractivity contribution in [1.82, 2.24) is 4.98 Å². The molecular weight excluding hydrogens is 306 g/mol. The molecule has 0 bridgehead atoms. The Morgan fingerprint density at radius 2 is 1.79 bits per heavy atom. The van der Waals surface area contributed by atoms with E-state index in [9.17, 15) is 4.79 Å². The van der Waals surface area contributed by atoms with Crippen LogP contribution in [0.2, 0.25) is 0 Å². The fourth-order valence-electron chi connectivity index (χ4n) is 2.37. The van der Waals surface area contributed by atoms with Crippen molar-refractivity contribution < 1.29 is 14.3 Å². The number of methoxy groups -OCH3 is 2. The first-order valence-corrected chi connectivity index (χ1v) is 7.87. The highest BCUT2D eigenvalue weighted by molar-refractivity contribution is 6.04. The van der Waals surface area contributed by atoms with Crippen LogP contribution >= 0.6 is 0 Å². The minimum atomic E-state index is -0.221. The van der Waals surface area contributed by atoms with Crippen molar-refractivity contribution in [2.45, 2.75) is 13.8 Å². The number of hydrogen-bond acceptors (Lipinski definition) is 5. The summed E-state index contributed by atoms with van der Waals surface area (Å²) >= 11 is 0. The third kappa shape index (κ3) is 3.95. The zero-order chi connectivity index (χ0) is 17.5. The number of hydrogen-bond donors (Lipinski definition) is 1. The van der Waals surface area contributed by atoms with Crippen molar-refractivity contribution in [3.63, 3.8) is 0 Å². The molecule has 0 unspecified atom stereocenters. The smallest absolute Gasteiger partial charge is 0.257 e. The fraction of sp³-hybridized carbons (Fsp3) is 0.333. The molecule has 128 valence electrons. The number of ether oxygens (including phenoxy) is 2. The van der Waals surface area contributed by atoms with Crippen LogP contribution in [0.3, 0.4) is 0 Å². The summed E-state index contributed by atoms with van der Waals surface area (Å²) in [4.78, 5) is 18.8. The highest BCUT2D eigenvalue weighted by Crippen LogP contribution is 2.29. The molecule has 6 nitrogen and oxygen atoms in total. The lowest BCUT2D eigenvalue weighted by molar-refractivity contribution is 0.102. The highest BCUT2D eigenvalue weighted by Gasteiger charge is 2.11. The van der Waals surface area contributed by atoms with Crippen LogP contribution < -0.4 is 19.7 Å². The van der Waals surface area contributed by atoms with Gasteiger partial charge in [0, 0.05) is 31.0 Å². The van der Waals surface area contributed by atoms with E-state index in [1.807, 2.05) is 6.07 Å². The minimum absolute atomic E-state index is 0.221. The Balaban J connectivity index is 2.12. The Bertz CT molecular complexity index is 682. The molecule has 0 saturated carbocycles. The molecular formula is C18H23N3O3. The Hall–Kier alpha value is -2.76. The van der Waals surface area contributed by atoms with E-state index in [1.165, 1.54) is 0 Å². The molecule has 0 saturated heterocycles. The van der Waals surface area contributed by atoms with Crippen LogP contribution in [0.4, 0.5) is 11.5 Å². The molecule has 2 aromatic rings. The Labute approximate surface area is 142 Å². The molecule has 1 amide bonds. The van der Waals surface area contributed by atoms with Gasteiger partial charge in [-0.15, -0.1) is 0 Å². The summed E-state index contributed by atoms with van der Waals surface area (Å²) in [6, 6.07) is 8.86. The van der Waals surface area contributed by atoms with Gasteiger partial charge in [-0.25, -0.2) is 4.98 Å². The number of pyridine rings is 1. The SMILES string of the molecule is CCN(CC)c1ccc(C(=O)Nc2ccc(OC)c(OC)c2)cn1. The third-order valence-electron chi connectivity index (χ3n) is 3.74. The van der Waals surface area contributed by atoms with Gasteiger partial charge in [-0.1, -0.05) is 0 Å². The van der Waals surface area contributed by atoms with Crippen LogP contribution in [0.25, 0.3) is 0 Å². The van der Waals surface area contributed by atoms with Gasteiger partial charge in [0.25, 0.3) is 5.91 Å². The maximum atomic E-state index is 12.4. The van der Waals surface area contributed by atoms with Gasteiger partial charge >= 0.3 is 0 Å². The second kappa shape index (κ2) is 8.19. The number of benzene rings is 1. The van der Waals surface area contributed by atoms with Gasteiger partial charge in [0.1, 0.15) is 5.82 Å². The molecule has 0 aliphatic heterocycles. The predicted molar refractivity (Wildman–Crippen MR) is 95.3 cm³/mol. The first-order valence-electron chi connectivity index (χ1n) is 7.87.